The lowest BCUT2D eigenvalue weighted by Crippen LogP contribution is -2.17. The smallest absolute Gasteiger partial charge is 0.150 e. The van der Waals surface area contributed by atoms with Crippen LogP contribution in [0.4, 0.5) is 4.39 Å². The van der Waals surface area contributed by atoms with Crippen molar-refractivity contribution in [3.05, 3.63) is 35.3 Å². The summed E-state index contributed by atoms with van der Waals surface area (Å²) in [7, 11) is 7.59. The minimum absolute atomic E-state index is 0.0649. The fourth-order valence-corrected chi connectivity index (χ4v) is 3.01. The standard InChI is InChI=1S/C18H23BFNO/c1-21(9-7-14-5-3-2-4-6-14)10-8-15-11-17(19)18(20)12-16(15)13-22/h8,10-14H,2-7,9H2,1H3/b10-8-. The number of rotatable bonds is 6. The lowest BCUT2D eigenvalue weighted by atomic mass is 9.87. The van der Waals surface area contributed by atoms with Gasteiger partial charge in [-0.3, -0.25) is 4.79 Å². The van der Waals surface area contributed by atoms with Crippen LogP contribution in [-0.4, -0.2) is 32.6 Å². The van der Waals surface area contributed by atoms with Gasteiger partial charge >= 0.3 is 0 Å². The number of hydrogen-bond acceptors (Lipinski definition) is 2. The van der Waals surface area contributed by atoms with Gasteiger partial charge in [0.05, 0.1) is 0 Å². The Balaban J connectivity index is 1.92. The van der Waals surface area contributed by atoms with Gasteiger partial charge in [0.25, 0.3) is 0 Å². The predicted octanol–water partition coefficient (Wildman–Crippen LogP) is 3.30. The molecule has 0 heterocycles. The summed E-state index contributed by atoms with van der Waals surface area (Å²) in [4.78, 5) is 13.1. The summed E-state index contributed by atoms with van der Waals surface area (Å²) in [5, 5.41) is 0. The molecule has 116 valence electrons. The van der Waals surface area contributed by atoms with Crippen LogP contribution in [0.3, 0.4) is 0 Å². The monoisotopic (exact) mass is 299 g/mol. The van der Waals surface area contributed by atoms with E-state index in [9.17, 15) is 9.18 Å². The number of carbonyl (C=O) groups is 1. The molecule has 1 aromatic carbocycles. The highest BCUT2D eigenvalue weighted by Gasteiger charge is 2.13. The van der Waals surface area contributed by atoms with E-state index in [4.69, 9.17) is 7.85 Å². The maximum Gasteiger partial charge on any atom is 0.150 e. The second-order valence-electron chi connectivity index (χ2n) is 6.21. The van der Waals surface area contributed by atoms with E-state index in [0.29, 0.717) is 17.4 Å². The van der Waals surface area contributed by atoms with Crippen molar-refractivity contribution in [2.24, 2.45) is 5.92 Å². The maximum atomic E-state index is 13.4. The largest absolute Gasteiger partial charge is 0.380 e. The van der Waals surface area contributed by atoms with Crippen LogP contribution in [0.5, 0.6) is 0 Å². The highest BCUT2D eigenvalue weighted by atomic mass is 19.1. The number of hydrogen-bond donors (Lipinski definition) is 0. The molecule has 2 radical (unpaired) electrons. The number of nitrogens with zero attached hydrogens (tertiary/aromatic N) is 1. The Kier molecular flexibility index (Phi) is 6.23. The molecule has 22 heavy (non-hydrogen) atoms. The SMILES string of the molecule is [B]c1cc(/C=C\N(C)CCC2CCCCC2)c(C=O)cc1F. The molecule has 1 fully saturated rings. The van der Waals surface area contributed by atoms with Gasteiger partial charge in [-0.05, 0) is 36.2 Å². The van der Waals surface area contributed by atoms with E-state index >= 15 is 0 Å². The molecule has 2 nitrogen and oxygen atoms in total. The predicted molar refractivity (Wildman–Crippen MR) is 90.0 cm³/mol. The fraction of sp³-hybridized carbons (Fsp3) is 0.500. The Hall–Kier alpha value is -1.58. The summed E-state index contributed by atoms with van der Waals surface area (Å²) < 4.78 is 13.4. The summed E-state index contributed by atoms with van der Waals surface area (Å²) >= 11 is 0. The van der Waals surface area contributed by atoms with E-state index in [1.54, 1.807) is 0 Å². The Morgan fingerprint density at radius 2 is 2.00 bits per heavy atom. The molecule has 0 atom stereocenters. The number of benzene rings is 1. The third-order valence-electron chi connectivity index (χ3n) is 4.45. The van der Waals surface area contributed by atoms with Crippen molar-refractivity contribution in [2.75, 3.05) is 13.6 Å². The Morgan fingerprint density at radius 3 is 2.68 bits per heavy atom. The molecule has 1 saturated carbocycles. The lowest BCUT2D eigenvalue weighted by molar-refractivity contribution is 0.112. The van der Waals surface area contributed by atoms with Crippen molar-refractivity contribution in [1.29, 1.82) is 0 Å². The van der Waals surface area contributed by atoms with E-state index in [-0.39, 0.29) is 5.46 Å². The van der Waals surface area contributed by atoms with Gasteiger partial charge in [0, 0.05) is 19.2 Å². The average Bonchev–Trinajstić information content (AvgIpc) is 2.54. The van der Waals surface area contributed by atoms with Crippen LogP contribution in [-0.2, 0) is 0 Å². The van der Waals surface area contributed by atoms with Crippen LogP contribution >= 0.6 is 0 Å². The summed E-state index contributed by atoms with van der Waals surface area (Å²) in [6.45, 7) is 0.994. The molecule has 1 aromatic rings. The molecule has 0 aliphatic heterocycles. The van der Waals surface area contributed by atoms with Crippen molar-refractivity contribution in [3.63, 3.8) is 0 Å². The summed E-state index contributed by atoms with van der Waals surface area (Å²) in [5.74, 6) is 0.293. The van der Waals surface area contributed by atoms with Crippen molar-refractivity contribution in [1.82, 2.24) is 4.90 Å². The molecule has 0 amide bonds. The van der Waals surface area contributed by atoms with E-state index in [2.05, 4.69) is 4.90 Å². The fourth-order valence-electron chi connectivity index (χ4n) is 3.01. The van der Waals surface area contributed by atoms with Gasteiger partial charge in [-0.1, -0.05) is 43.6 Å². The molecule has 0 bridgehead atoms. The topological polar surface area (TPSA) is 20.3 Å². The van der Waals surface area contributed by atoms with Crippen molar-refractivity contribution >= 4 is 25.7 Å². The number of aldehydes is 1. The van der Waals surface area contributed by atoms with Crippen molar-refractivity contribution in [3.8, 4) is 0 Å². The summed E-state index contributed by atoms with van der Waals surface area (Å²) in [5.41, 5.74) is 1.04. The highest BCUT2D eigenvalue weighted by molar-refractivity contribution is 6.32. The van der Waals surface area contributed by atoms with Crippen LogP contribution < -0.4 is 5.46 Å². The minimum atomic E-state index is -0.551. The second kappa shape index (κ2) is 8.16. The third kappa shape index (κ3) is 4.72. The van der Waals surface area contributed by atoms with Gasteiger partial charge in [-0.15, -0.1) is 0 Å². The van der Waals surface area contributed by atoms with E-state index < -0.39 is 5.82 Å². The van der Waals surface area contributed by atoms with E-state index in [1.165, 1.54) is 50.7 Å². The first-order valence-electron chi connectivity index (χ1n) is 8.03. The maximum absolute atomic E-state index is 13.4. The van der Waals surface area contributed by atoms with Crippen molar-refractivity contribution in [2.45, 2.75) is 38.5 Å². The van der Waals surface area contributed by atoms with E-state index in [0.717, 1.165) is 12.5 Å². The van der Waals surface area contributed by atoms with Gasteiger partial charge in [0.2, 0.25) is 0 Å². The molecule has 1 aliphatic rings. The Morgan fingerprint density at radius 1 is 1.27 bits per heavy atom. The first-order valence-corrected chi connectivity index (χ1v) is 8.03. The van der Waals surface area contributed by atoms with Crippen LogP contribution in [0.1, 0.15) is 54.4 Å². The molecule has 1 aliphatic carbocycles. The molecule has 0 N–H and O–H groups in total. The number of carbonyl (C=O) groups excluding carboxylic acids is 1. The summed E-state index contributed by atoms with van der Waals surface area (Å²) in [6.07, 6.45) is 12.4. The molecule has 0 aromatic heterocycles. The first kappa shape index (κ1) is 16.8. The molecular formula is C18H23BFNO. The van der Waals surface area contributed by atoms with Gasteiger partial charge < -0.3 is 4.90 Å². The number of halogens is 1. The van der Waals surface area contributed by atoms with Gasteiger partial charge in [-0.2, -0.15) is 0 Å². The molecule has 0 saturated heterocycles. The third-order valence-corrected chi connectivity index (χ3v) is 4.45. The van der Waals surface area contributed by atoms with Gasteiger partial charge in [0.15, 0.2) is 6.29 Å². The van der Waals surface area contributed by atoms with E-state index in [1.807, 2.05) is 19.3 Å². The molecule has 4 heteroatoms. The van der Waals surface area contributed by atoms with Gasteiger partial charge in [-0.25, -0.2) is 4.39 Å². The molecule has 0 unspecified atom stereocenters. The lowest BCUT2D eigenvalue weighted by Gasteiger charge is -2.24. The van der Waals surface area contributed by atoms with Crippen LogP contribution in [0.2, 0.25) is 0 Å². The van der Waals surface area contributed by atoms with Crippen LogP contribution in [0, 0.1) is 11.7 Å². The van der Waals surface area contributed by atoms with Crippen molar-refractivity contribution < 1.29 is 9.18 Å². The zero-order chi connectivity index (χ0) is 15.9. The van der Waals surface area contributed by atoms with Crippen LogP contribution in [0.15, 0.2) is 18.3 Å². The zero-order valence-electron chi connectivity index (χ0n) is 13.2. The Labute approximate surface area is 133 Å². The molecule has 2 rings (SSSR count). The quantitative estimate of drug-likeness (QED) is 0.593. The average molecular weight is 299 g/mol. The minimum Gasteiger partial charge on any atom is -0.380 e. The summed E-state index contributed by atoms with van der Waals surface area (Å²) in [6, 6.07) is 2.69. The highest BCUT2D eigenvalue weighted by Crippen LogP contribution is 2.26. The molecule has 0 spiro atoms. The zero-order valence-corrected chi connectivity index (χ0v) is 13.2. The van der Waals surface area contributed by atoms with Crippen LogP contribution in [0.25, 0.3) is 6.08 Å². The van der Waals surface area contributed by atoms with Gasteiger partial charge in [0.1, 0.15) is 13.7 Å². The normalized spacial score (nSPS) is 16.1. The second-order valence-corrected chi connectivity index (χ2v) is 6.21. The molecular weight excluding hydrogens is 276 g/mol. The first-order chi connectivity index (χ1) is 10.6. The Bertz CT molecular complexity index is 538.